The Hall–Kier alpha value is -3.34. The largest absolute Gasteiger partial charge is 0.494 e. The lowest BCUT2D eigenvalue weighted by Gasteiger charge is -2.34. The van der Waals surface area contributed by atoms with Crippen LogP contribution in [0.5, 0.6) is 5.75 Å². The Balaban J connectivity index is 1.32. The number of aryl methyl sites for hydroxylation is 1. The summed E-state index contributed by atoms with van der Waals surface area (Å²) >= 11 is 7.75. The van der Waals surface area contributed by atoms with Crippen molar-refractivity contribution >= 4 is 53.7 Å². The van der Waals surface area contributed by atoms with Crippen LogP contribution in [0.15, 0.2) is 112 Å². The zero-order valence-corrected chi connectivity index (χ0v) is 33.5. The molecule has 0 aliphatic heterocycles. The van der Waals surface area contributed by atoms with Crippen LogP contribution in [0.3, 0.4) is 0 Å². The topological polar surface area (TPSA) is 14.2 Å². The van der Waals surface area contributed by atoms with E-state index in [1.807, 2.05) is 0 Å². The fraction of sp³-hybridized carbons (Fsp3) is 0.362. The monoisotopic (exact) mass is 803 g/mol. The minimum atomic E-state index is -0.507. The molecule has 0 amide bonds. The number of nitrogens with zero attached hydrogens (tertiary/aromatic N) is 1. The molecule has 5 aromatic carbocycles. The number of ether oxygens (including phenoxy) is 1. The highest BCUT2D eigenvalue weighted by Crippen LogP contribution is 2.57. The van der Waals surface area contributed by atoms with Gasteiger partial charge in [0, 0.05) is 37.3 Å². The van der Waals surface area contributed by atoms with Gasteiger partial charge in [-0.25, -0.2) is 0 Å². The molecule has 6 aromatic rings. The predicted molar refractivity (Wildman–Crippen MR) is 224 cm³/mol. The molecule has 1 aliphatic carbocycles. The van der Waals surface area contributed by atoms with Crippen LogP contribution in [-0.2, 0) is 12.0 Å². The lowest BCUT2D eigenvalue weighted by atomic mass is 9.67. The molecule has 1 aliphatic rings. The van der Waals surface area contributed by atoms with E-state index in [2.05, 4.69) is 153 Å². The van der Waals surface area contributed by atoms with Crippen LogP contribution in [0.2, 0.25) is 0 Å². The van der Waals surface area contributed by atoms with Crippen molar-refractivity contribution < 1.29 is 4.74 Å². The van der Waals surface area contributed by atoms with Gasteiger partial charge >= 0.3 is 0 Å². The van der Waals surface area contributed by atoms with Crippen LogP contribution in [0, 0.1) is 0 Å². The molecule has 0 unspecified atom stereocenters. The van der Waals surface area contributed by atoms with Crippen molar-refractivity contribution in [3.63, 3.8) is 0 Å². The molecule has 51 heavy (non-hydrogen) atoms. The van der Waals surface area contributed by atoms with E-state index in [0.717, 1.165) is 34.3 Å². The predicted octanol–water partition coefficient (Wildman–Crippen LogP) is 14.8. The van der Waals surface area contributed by atoms with Gasteiger partial charge in [-0.15, -0.1) is 0 Å². The first-order chi connectivity index (χ1) is 25.1. The molecule has 4 heteroatoms. The summed E-state index contributed by atoms with van der Waals surface area (Å²) in [6, 6.07) is 38.9. The van der Waals surface area contributed by atoms with Gasteiger partial charge < -0.3 is 9.30 Å². The smallest absolute Gasteiger partial charge is 0.119 e. The number of hydrogen-bond donors (Lipinski definition) is 0. The van der Waals surface area contributed by atoms with Crippen molar-refractivity contribution in [2.45, 2.75) is 103 Å². The molecule has 0 saturated heterocycles. The average molecular weight is 806 g/mol. The Morgan fingerprint density at radius 1 is 0.529 bits per heavy atom. The summed E-state index contributed by atoms with van der Waals surface area (Å²) in [5.74, 6) is 0.942. The Morgan fingerprint density at radius 2 is 1.10 bits per heavy atom. The van der Waals surface area contributed by atoms with Crippen LogP contribution >= 0.6 is 31.9 Å². The van der Waals surface area contributed by atoms with Crippen molar-refractivity contribution in [1.82, 2.24) is 4.57 Å². The summed E-state index contributed by atoms with van der Waals surface area (Å²) < 4.78 is 11.0. The molecule has 0 radical (unpaired) electrons. The first-order valence-corrected chi connectivity index (χ1v) is 21.0. The molecular weight excluding hydrogens is 754 g/mol. The van der Waals surface area contributed by atoms with Crippen molar-refractivity contribution in [3.8, 4) is 16.9 Å². The third kappa shape index (κ3) is 7.20. The van der Waals surface area contributed by atoms with Crippen LogP contribution in [-0.4, -0.2) is 11.2 Å². The fourth-order valence-corrected chi connectivity index (χ4v) is 9.23. The van der Waals surface area contributed by atoms with Gasteiger partial charge in [0.1, 0.15) is 5.75 Å². The van der Waals surface area contributed by atoms with E-state index in [4.69, 9.17) is 4.74 Å². The maximum atomic E-state index is 6.30. The average Bonchev–Trinajstić information content (AvgIpc) is 3.62. The highest BCUT2D eigenvalue weighted by atomic mass is 79.9. The van der Waals surface area contributed by atoms with E-state index in [-0.39, 0.29) is 0 Å². The van der Waals surface area contributed by atoms with Gasteiger partial charge in [-0.3, -0.25) is 0 Å². The number of fused-ring (bicyclic) bond motifs is 6. The molecule has 1 heterocycles. The van der Waals surface area contributed by atoms with E-state index < -0.39 is 5.41 Å². The Labute approximate surface area is 321 Å². The molecule has 2 nitrogen and oxygen atoms in total. The summed E-state index contributed by atoms with van der Waals surface area (Å²) in [4.78, 5) is 0. The highest BCUT2D eigenvalue weighted by Gasteiger charge is 2.46. The van der Waals surface area contributed by atoms with Crippen molar-refractivity contribution in [3.05, 3.63) is 134 Å². The van der Waals surface area contributed by atoms with E-state index in [1.165, 1.54) is 126 Å². The third-order valence-corrected chi connectivity index (χ3v) is 12.0. The van der Waals surface area contributed by atoms with Gasteiger partial charge in [0.2, 0.25) is 0 Å². The van der Waals surface area contributed by atoms with Crippen molar-refractivity contribution in [1.29, 1.82) is 0 Å². The lowest BCUT2D eigenvalue weighted by Crippen LogP contribution is -2.28. The fourth-order valence-electron chi connectivity index (χ4n) is 8.51. The zero-order chi connectivity index (χ0) is 35.2. The van der Waals surface area contributed by atoms with Gasteiger partial charge in [0.25, 0.3) is 0 Å². The molecule has 7 rings (SSSR count). The molecule has 0 atom stereocenters. The number of benzene rings is 5. The Bertz CT molecular complexity index is 2040. The van der Waals surface area contributed by atoms with Crippen LogP contribution < -0.4 is 4.74 Å². The van der Waals surface area contributed by atoms with E-state index in [9.17, 15) is 0 Å². The minimum absolute atomic E-state index is 0.507. The highest BCUT2D eigenvalue weighted by molar-refractivity contribution is 9.10. The first-order valence-electron chi connectivity index (χ1n) is 19.4. The lowest BCUT2D eigenvalue weighted by molar-refractivity contribution is 0.304. The van der Waals surface area contributed by atoms with Crippen LogP contribution in [0.1, 0.15) is 113 Å². The van der Waals surface area contributed by atoms with Gasteiger partial charge in [-0.2, -0.15) is 0 Å². The molecular formula is C47H51Br2NO. The van der Waals surface area contributed by atoms with Gasteiger partial charge in [-0.05, 0) is 101 Å². The molecule has 0 spiro atoms. The molecule has 1 aromatic heterocycles. The normalized spacial score (nSPS) is 13.2. The van der Waals surface area contributed by atoms with E-state index >= 15 is 0 Å². The van der Waals surface area contributed by atoms with Gasteiger partial charge in [-0.1, -0.05) is 158 Å². The molecule has 264 valence electrons. The number of halogens is 2. The first kappa shape index (κ1) is 36.0. The number of rotatable bonds is 17. The number of unbranched alkanes of at least 4 members (excludes halogenated alkanes) is 10. The second-order valence-corrected chi connectivity index (χ2v) is 16.3. The zero-order valence-electron chi connectivity index (χ0n) is 30.3. The molecule has 0 fully saturated rings. The number of aromatic nitrogens is 1. The maximum absolute atomic E-state index is 6.30. The summed E-state index contributed by atoms with van der Waals surface area (Å²) in [6.45, 7) is 6.37. The molecule has 0 bridgehead atoms. The number of hydrogen-bond acceptors (Lipinski definition) is 1. The standard InChI is InChI=1S/C47H51Br2NO/c1-3-5-7-9-11-15-29-50-45-18-14-13-17-41(45)42-31-35(21-28-46(42)50)47(34-19-24-38(25-20-34)51-30-16-12-10-8-6-4-2)43-32-36(48)22-26-39(43)40-27-23-37(49)33-44(40)47/h13-14,17-28,31-33H,3-12,15-16,29-30H2,1-2H3. The van der Waals surface area contributed by atoms with E-state index in [1.54, 1.807) is 0 Å². The quantitative estimate of drug-likeness (QED) is 0.0836. The second kappa shape index (κ2) is 16.6. The van der Waals surface area contributed by atoms with Crippen LogP contribution in [0.25, 0.3) is 32.9 Å². The Morgan fingerprint density at radius 3 is 1.76 bits per heavy atom. The molecule has 0 N–H and O–H groups in total. The molecule has 0 saturated carbocycles. The van der Waals surface area contributed by atoms with E-state index in [0.29, 0.717) is 0 Å². The van der Waals surface area contributed by atoms with Crippen molar-refractivity contribution in [2.24, 2.45) is 0 Å². The SMILES string of the molecule is CCCCCCCCOc1ccc(C2(c3ccc4c(c3)c3ccccc3n4CCCCCCCC)c3cc(Br)ccc3-c3ccc(Br)cc32)cc1. The maximum Gasteiger partial charge on any atom is 0.119 e. The summed E-state index contributed by atoms with van der Waals surface area (Å²) in [5.41, 5.74) is 9.87. The van der Waals surface area contributed by atoms with Gasteiger partial charge in [0.15, 0.2) is 0 Å². The number of para-hydroxylation sites is 1. The minimum Gasteiger partial charge on any atom is -0.494 e. The van der Waals surface area contributed by atoms with Gasteiger partial charge in [0.05, 0.1) is 12.0 Å². The summed E-state index contributed by atoms with van der Waals surface area (Å²) in [6.07, 6.45) is 15.4. The van der Waals surface area contributed by atoms with Crippen molar-refractivity contribution in [2.75, 3.05) is 6.61 Å². The summed E-state index contributed by atoms with van der Waals surface area (Å²) in [7, 11) is 0. The summed E-state index contributed by atoms with van der Waals surface area (Å²) in [5, 5.41) is 2.66. The Kier molecular flexibility index (Phi) is 11.7. The second-order valence-electron chi connectivity index (χ2n) is 14.4. The van der Waals surface area contributed by atoms with Crippen LogP contribution in [0.4, 0.5) is 0 Å². The third-order valence-electron chi connectivity index (χ3n) is 11.1.